The molecular weight excluding hydrogens is 458 g/mol. The van der Waals surface area contributed by atoms with Crippen LogP contribution in [0.5, 0.6) is 5.75 Å². The van der Waals surface area contributed by atoms with Crippen LogP contribution in [0.4, 0.5) is 0 Å². The fourth-order valence-corrected chi connectivity index (χ4v) is 5.69. The van der Waals surface area contributed by atoms with Crippen molar-refractivity contribution in [1.82, 2.24) is 24.7 Å². The Morgan fingerprint density at radius 3 is 2.57 bits per heavy atom. The molecule has 3 aromatic rings. The molecule has 0 bridgehead atoms. The second-order valence-corrected chi connectivity index (χ2v) is 9.69. The van der Waals surface area contributed by atoms with Crippen molar-refractivity contribution >= 4 is 17.3 Å². The Kier molecular flexibility index (Phi) is 7.04. The van der Waals surface area contributed by atoms with Crippen molar-refractivity contribution in [3.63, 3.8) is 0 Å². The summed E-state index contributed by atoms with van der Waals surface area (Å²) in [6.45, 7) is 9.83. The van der Waals surface area contributed by atoms with Crippen LogP contribution in [0.3, 0.4) is 0 Å². The van der Waals surface area contributed by atoms with Crippen LogP contribution in [-0.2, 0) is 4.74 Å². The highest BCUT2D eigenvalue weighted by Gasteiger charge is 2.41. The van der Waals surface area contributed by atoms with Crippen molar-refractivity contribution in [2.75, 3.05) is 39.4 Å². The number of pyridine rings is 1. The fraction of sp³-hybridized carbons (Fsp3) is 0.407. The summed E-state index contributed by atoms with van der Waals surface area (Å²) in [6.07, 6.45) is 2.88. The number of thiocarbonyl (C=S) groups is 1. The molecule has 4 heterocycles. The molecular formula is C27H33N5O2S. The molecule has 0 aliphatic carbocycles. The normalized spacial score (nSPS) is 20.9. The lowest BCUT2D eigenvalue weighted by molar-refractivity contribution is 0.0365. The van der Waals surface area contributed by atoms with Crippen LogP contribution in [0.15, 0.2) is 54.7 Å². The quantitative estimate of drug-likeness (QED) is 0.486. The van der Waals surface area contributed by atoms with Crippen molar-refractivity contribution in [3.8, 4) is 11.4 Å². The molecule has 184 valence electrons. The minimum Gasteiger partial charge on any atom is -0.508 e. The maximum absolute atomic E-state index is 9.77. The smallest absolute Gasteiger partial charge is 0.170 e. The van der Waals surface area contributed by atoms with E-state index >= 15 is 0 Å². The zero-order valence-electron chi connectivity index (χ0n) is 20.4. The summed E-state index contributed by atoms with van der Waals surface area (Å²) in [7, 11) is 0. The number of aromatic hydroxyl groups is 1. The van der Waals surface area contributed by atoms with E-state index in [9.17, 15) is 5.11 Å². The number of nitrogens with zero attached hydrogens (tertiary/aromatic N) is 4. The minimum absolute atomic E-state index is 0.0270. The molecule has 2 fully saturated rings. The van der Waals surface area contributed by atoms with Crippen LogP contribution in [0.2, 0.25) is 0 Å². The number of hydrogen-bond acceptors (Lipinski definition) is 5. The Labute approximate surface area is 212 Å². The molecule has 0 saturated carbocycles. The van der Waals surface area contributed by atoms with Gasteiger partial charge < -0.3 is 24.6 Å². The first-order valence-corrected chi connectivity index (χ1v) is 12.7. The second-order valence-electron chi connectivity index (χ2n) is 9.31. The molecule has 35 heavy (non-hydrogen) atoms. The van der Waals surface area contributed by atoms with E-state index in [1.54, 1.807) is 12.1 Å². The molecule has 2 N–H and O–H groups in total. The van der Waals surface area contributed by atoms with Gasteiger partial charge in [0.25, 0.3) is 0 Å². The maximum atomic E-state index is 9.77. The summed E-state index contributed by atoms with van der Waals surface area (Å²) >= 11 is 5.87. The van der Waals surface area contributed by atoms with Crippen LogP contribution >= 0.6 is 12.2 Å². The molecule has 2 saturated heterocycles. The number of nitrogens with one attached hydrogen (secondary N) is 1. The van der Waals surface area contributed by atoms with Crippen LogP contribution in [0.25, 0.3) is 5.69 Å². The SMILES string of the molecule is Cc1cc([C@@H]2[C@H](c3ccccn3)NC(=S)N2CCCN2CCOCC2)c(C)n1-c1ccc(O)cc1. The molecule has 7 nitrogen and oxygen atoms in total. The van der Waals surface area contributed by atoms with E-state index in [1.165, 1.54) is 11.3 Å². The van der Waals surface area contributed by atoms with Gasteiger partial charge in [-0.1, -0.05) is 6.07 Å². The number of aryl methyl sites for hydroxylation is 1. The molecule has 2 aliphatic heterocycles. The van der Waals surface area contributed by atoms with Crippen LogP contribution in [0, 0.1) is 13.8 Å². The molecule has 0 unspecified atom stereocenters. The topological polar surface area (TPSA) is 65.8 Å². The lowest BCUT2D eigenvalue weighted by Gasteiger charge is -2.30. The Hall–Kier alpha value is -2.94. The third-order valence-corrected chi connectivity index (χ3v) is 7.42. The number of aromatic nitrogens is 2. The standard InChI is InChI=1S/C27H33N5O2S/c1-19-18-23(20(2)32(19)21-7-9-22(33)10-8-21)26-25(24-6-3-4-11-28-24)29-27(35)31(26)13-5-12-30-14-16-34-17-15-30/h3-4,6-11,18,25-26,33H,5,12-17H2,1-2H3,(H,29,35)/t25-,26+/m0/s1. The van der Waals surface area contributed by atoms with Gasteiger partial charge in [0.05, 0.1) is 31.0 Å². The molecule has 0 radical (unpaired) electrons. The van der Waals surface area contributed by atoms with Crippen LogP contribution in [-0.4, -0.2) is 69.0 Å². The van der Waals surface area contributed by atoms with E-state index in [0.717, 1.165) is 68.0 Å². The van der Waals surface area contributed by atoms with Gasteiger partial charge in [0, 0.05) is 49.5 Å². The molecule has 0 amide bonds. The van der Waals surface area contributed by atoms with Gasteiger partial charge in [-0.2, -0.15) is 0 Å². The first-order chi connectivity index (χ1) is 17.0. The number of phenolic OH excluding ortho intramolecular Hbond substituents is 1. The van der Waals surface area contributed by atoms with Crippen molar-refractivity contribution in [2.45, 2.75) is 32.4 Å². The van der Waals surface area contributed by atoms with E-state index in [2.05, 4.69) is 50.6 Å². The third kappa shape index (κ3) is 4.91. The van der Waals surface area contributed by atoms with Crippen molar-refractivity contribution < 1.29 is 9.84 Å². The molecule has 1 aromatic carbocycles. The van der Waals surface area contributed by atoms with Gasteiger partial charge in [-0.05, 0) is 80.5 Å². The highest BCUT2D eigenvalue weighted by molar-refractivity contribution is 7.80. The zero-order chi connectivity index (χ0) is 24.4. The van der Waals surface area contributed by atoms with Gasteiger partial charge in [0.2, 0.25) is 0 Å². The summed E-state index contributed by atoms with van der Waals surface area (Å²) < 4.78 is 7.75. The van der Waals surface area contributed by atoms with Crippen molar-refractivity contribution in [3.05, 3.63) is 77.4 Å². The number of ether oxygens (including phenoxy) is 1. The van der Waals surface area contributed by atoms with E-state index < -0.39 is 0 Å². The summed E-state index contributed by atoms with van der Waals surface area (Å²) in [5.41, 5.74) is 5.58. The monoisotopic (exact) mass is 491 g/mol. The highest BCUT2D eigenvalue weighted by Crippen LogP contribution is 2.41. The van der Waals surface area contributed by atoms with Crippen LogP contribution < -0.4 is 5.32 Å². The predicted molar refractivity (Wildman–Crippen MR) is 141 cm³/mol. The molecule has 5 rings (SSSR count). The van der Waals surface area contributed by atoms with Gasteiger partial charge in [0.15, 0.2) is 5.11 Å². The summed E-state index contributed by atoms with van der Waals surface area (Å²) in [6, 6.07) is 15.7. The molecule has 2 aromatic heterocycles. The predicted octanol–water partition coefficient (Wildman–Crippen LogP) is 3.89. The number of rotatable bonds is 7. The van der Waals surface area contributed by atoms with Crippen LogP contribution in [0.1, 0.15) is 41.1 Å². The fourth-order valence-electron chi connectivity index (χ4n) is 5.36. The first-order valence-electron chi connectivity index (χ1n) is 12.3. The molecule has 2 atom stereocenters. The molecule has 8 heteroatoms. The average Bonchev–Trinajstić information content (AvgIpc) is 3.36. The summed E-state index contributed by atoms with van der Waals surface area (Å²) in [5.74, 6) is 0.267. The Bertz CT molecular complexity index is 1160. The second kappa shape index (κ2) is 10.4. The molecule has 2 aliphatic rings. The minimum atomic E-state index is -0.0270. The lowest BCUT2D eigenvalue weighted by atomic mass is 9.96. The summed E-state index contributed by atoms with van der Waals surface area (Å²) in [5, 5.41) is 14.1. The Morgan fingerprint density at radius 2 is 1.86 bits per heavy atom. The van der Waals surface area contributed by atoms with E-state index in [1.807, 2.05) is 30.5 Å². The van der Waals surface area contributed by atoms with E-state index in [0.29, 0.717) is 0 Å². The van der Waals surface area contributed by atoms with Gasteiger partial charge in [0.1, 0.15) is 5.75 Å². The lowest BCUT2D eigenvalue weighted by Crippen LogP contribution is -2.39. The summed E-state index contributed by atoms with van der Waals surface area (Å²) in [4.78, 5) is 9.50. The van der Waals surface area contributed by atoms with Gasteiger partial charge in [-0.3, -0.25) is 9.88 Å². The molecule has 0 spiro atoms. The maximum Gasteiger partial charge on any atom is 0.170 e. The largest absolute Gasteiger partial charge is 0.508 e. The number of morpholine rings is 1. The average molecular weight is 492 g/mol. The Morgan fingerprint density at radius 1 is 1.09 bits per heavy atom. The van der Waals surface area contributed by atoms with Gasteiger partial charge in [-0.25, -0.2) is 0 Å². The Balaban J connectivity index is 1.47. The zero-order valence-corrected chi connectivity index (χ0v) is 21.2. The number of benzene rings is 1. The number of phenols is 1. The van der Waals surface area contributed by atoms with Gasteiger partial charge >= 0.3 is 0 Å². The van der Waals surface area contributed by atoms with Crippen molar-refractivity contribution in [1.29, 1.82) is 0 Å². The third-order valence-electron chi connectivity index (χ3n) is 7.07. The van der Waals surface area contributed by atoms with E-state index in [4.69, 9.17) is 17.0 Å². The van der Waals surface area contributed by atoms with Gasteiger partial charge in [-0.15, -0.1) is 0 Å². The first kappa shape index (κ1) is 23.8. The van der Waals surface area contributed by atoms with Crippen molar-refractivity contribution in [2.24, 2.45) is 0 Å². The van der Waals surface area contributed by atoms with E-state index in [-0.39, 0.29) is 17.8 Å². The highest BCUT2D eigenvalue weighted by atomic mass is 32.1. The number of hydrogen-bond donors (Lipinski definition) is 2.